The number of carbonyl (C=O) groups excluding carboxylic acids is 1. The molecule has 5 nitrogen and oxygen atoms in total. The van der Waals surface area contributed by atoms with Crippen molar-refractivity contribution in [2.24, 2.45) is 0 Å². The number of hydrogen-bond acceptors (Lipinski definition) is 5. The van der Waals surface area contributed by atoms with Crippen molar-refractivity contribution in [1.82, 2.24) is 10.1 Å². The fourth-order valence-corrected chi connectivity index (χ4v) is 0.747. The normalized spacial score (nSPS) is 9.83. The SMILES string of the molecule is CCOC(=O)Cc1nc(C)no1. The largest absolute Gasteiger partial charge is 0.466 e. The second kappa shape index (κ2) is 3.85. The number of hydrogen-bond donors (Lipinski definition) is 0. The van der Waals surface area contributed by atoms with Gasteiger partial charge in [-0.05, 0) is 13.8 Å². The fourth-order valence-electron chi connectivity index (χ4n) is 0.747. The monoisotopic (exact) mass is 170 g/mol. The Bertz CT molecular complexity index is 269. The lowest BCUT2D eigenvalue weighted by molar-refractivity contribution is -0.142. The second-order valence-electron chi connectivity index (χ2n) is 2.22. The lowest BCUT2D eigenvalue weighted by Crippen LogP contribution is -2.07. The molecule has 12 heavy (non-hydrogen) atoms. The molecule has 0 aliphatic carbocycles. The van der Waals surface area contributed by atoms with Gasteiger partial charge in [0.25, 0.3) is 0 Å². The number of nitrogens with zero attached hydrogens (tertiary/aromatic N) is 2. The predicted molar refractivity (Wildman–Crippen MR) is 39.4 cm³/mol. The highest BCUT2D eigenvalue weighted by atomic mass is 16.5. The van der Waals surface area contributed by atoms with Gasteiger partial charge in [-0.15, -0.1) is 0 Å². The first-order chi connectivity index (χ1) is 5.72. The van der Waals surface area contributed by atoms with E-state index in [1.165, 1.54) is 0 Å². The Kier molecular flexibility index (Phi) is 2.79. The van der Waals surface area contributed by atoms with E-state index in [9.17, 15) is 4.79 Å². The van der Waals surface area contributed by atoms with Crippen molar-refractivity contribution in [3.8, 4) is 0 Å². The molecule has 0 aromatic carbocycles. The number of aromatic nitrogens is 2. The molecule has 1 aromatic heterocycles. The van der Waals surface area contributed by atoms with E-state index in [0.717, 1.165) is 0 Å². The average Bonchev–Trinajstić information content (AvgIpc) is 2.36. The van der Waals surface area contributed by atoms with Gasteiger partial charge in [0.05, 0.1) is 6.61 Å². The zero-order chi connectivity index (χ0) is 8.97. The Morgan fingerprint density at radius 2 is 2.42 bits per heavy atom. The second-order valence-corrected chi connectivity index (χ2v) is 2.22. The third-order valence-corrected chi connectivity index (χ3v) is 1.17. The number of esters is 1. The van der Waals surface area contributed by atoms with Gasteiger partial charge >= 0.3 is 5.97 Å². The highest BCUT2D eigenvalue weighted by molar-refractivity contribution is 5.71. The van der Waals surface area contributed by atoms with Crippen LogP contribution in [-0.4, -0.2) is 22.7 Å². The molecule has 0 atom stereocenters. The summed E-state index contributed by atoms with van der Waals surface area (Å²) in [5, 5.41) is 3.54. The van der Waals surface area contributed by atoms with Gasteiger partial charge in [-0.3, -0.25) is 4.79 Å². The summed E-state index contributed by atoms with van der Waals surface area (Å²) in [7, 11) is 0. The summed E-state index contributed by atoms with van der Waals surface area (Å²) in [6.07, 6.45) is 0.0503. The zero-order valence-corrected chi connectivity index (χ0v) is 7.03. The summed E-state index contributed by atoms with van der Waals surface area (Å²) in [5.41, 5.74) is 0. The van der Waals surface area contributed by atoms with Crippen LogP contribution in [0.5, 0.6) is 0 Å². The first-order valence-corrected chi connectivity index (χ1v) is 3.67. The van der Waals surface area contributed by atoms with E-state index in [1.54, 1.807) is 13.8 Å². The molecule has 0 N–H and O–H groups in total. The Labute approximate surface area is 69.7 Å². The third kappa shape index (κ3) is 2.34. The van der Waals surface area contributed by atoms with E-state index in [-0.39, 0.29) is 12.4 Å². The van der Waals surface area contributed by atoms with Gasteiger partial charge in [-0.25, -0.2) is 0 Å². The smallest absolute Gasteiger partial charge is 0.315 e. The lowest BCUT2D eigenvalue weighted by atomic mass is 10.4. The van der Waals surface area contributed by atoms with Gasteiger partial charge in [0.15, 0.2) is 5.82 Å². The number of carbonyl (C=O) groups is 1. The van der Waals surface area contributed by atoms with Crippen LogP contribution in [0.25, 0.3) is 0 Å². The van der Waals surface area contributed by atoms with Gasteiger partial charge in [-0.1, -0.05) is 5.16 Å². The number of ether oxygens (including phenoxy) is 1. The predicted octanol–water partition coefficient (Wildman–Crippen LogP) is 0.484. The van der Waals surface area contributed by atoms with Crippen LogP contribution in [0.2, 0.25) is 0 Å². The molecule has 0 spiro atoms. The molecule has 0 amide bonds. The van der Waals surface area contributed by atoms with Crippen LogP contribution in [0.1, 0.15) is 18.6 Å². The van der Waals surface area contributed by atoms with Crippen LogP contribution >= 0.6 is 0 Å². The molecule has 0 unspecified atom stereocenters. The first-order valence-electron chi connectivity index (χ1n) is 3.67. The van der Waals surface area contributed by atoms with Crippen molar-refractivity contribution in [3.63, 3.8) is 0 Å². The highest BCUT2D eigenvalue weighted by Gasteiger charge is 2.09. The van der Waals surface area contributed by atoms with Gasteiger partial charge < -0.3 is 9.26 Å². The lowest BCUT2D eigenvalue weighted by Gasteiger charge is -1.95. The van der Waals surface area contributed by atoms with Crippen LogP contribution in [0.4, 0.5) is 0 Å². The average molecular weight is 170 g/mol. The number of rotatable bonds is 3. The van der Waals surface area contributed by atoms with Crippen LogP contribution in [0.15, 0.2) is 4.52 Å². The van der Waals surface area contributed by atoms with Crippen molar-refractivity contribution in [1.29, 1.82) is 0 Å². The van der Waals surface area contributed by atoms with Gasteiger partial charge in [0, 0.05) is 0 Å². The summed E-state index contributed by atoms with van der Waals surface area (Å²) in [6.45, 7) is 3.81. The summed E-state index contributed by atoms with van der Waals surface area (Å²) in [4.78, 5) is 14.7. The van der Waals surface area contributed by atoms with E-state index in [1.807, 2.05) is 0 Å². The van der Waals surface area contributed by atoms with Crippen LogP contribution in [0.3, 0.4) is 0 Å². The molecule has 0 fully saturated rings. The van der Waals surface area contributed by atoms with Gasteiger partial charge in [0.2, 0.25) is 5.89 Å². The minimum Gasteiger partial charge on any atom is -0.466 e. The van der Waals surface area contributed by atoms with Gasteiger partial charge in [0.1, 0.15) is 6.42 Å². The van der Waals surface area contributed by atoms with E-state index >= 15 is 0 Å². The summed E-state index contributed by atoms with van der Waals surface area (Å²) in [6, 6.07) is 0. The summed E-state index contributed by atoms with van der Waals surface area (Å²) in [5.74, 6) is 0.474. The van der Waals surface area contributed by atoms with Crippen molar-refractivity contribution < 1.29 is 14.1 Å². The quantitative estimate of drug-likeness (QED) is 0.617. The molecule has 0 saturated carbocycles. The van der Waals surface area contributed by atoms with Gasteiger partial charge in [-0.2, -0.15) is 4.98 Å². The Hall–Kier alpha value is -1.39. The van der Waals surface area contributed by atoms with Crippen LogP contribution in [0, 0.1) is 6.92 Å². The van der Waals surface area contributed by atoms with Crippen LogP contribution < -0.4 is 0 Å². The van der Waals surface area contributed by atoms with E-state index < -0.39 is 0 Å². The highest BCUT2D eigenvalue weighted by Crippen LogP contribution is 1.97. The Morgan fingerprint density at radius 1 is 1.67 bits per heavy atom. The molecular formula is C7H10N2O3. The molecular weight excluding hydrogens is 160 g/mol. The maximum absolute atomic E-state index is 10.9. The maximum Gasteiger partial charge on any atom is 0.315 e. The molecule has 0 saturated heterocycles. The molecule has 5 heteroatoms. The fraction of sp³-hybridized carbons (Fsp3) is 0.571. The number of aryl methyl sites for hydroxylation is 1. The molecule has 0 radical (unpaired) electrons. The Morgan fingerprint density at radius 3 is 2.92 bits per heavy atom. The van der Waals surface area contributed by atoms with Crippen molar-refractivity contribution in [2.45, 2.75) is 20.3 Å². The first kappa shape index (κ1) is 8.70. The van der Waals surface area contributed by atoms with Crippen molar-refractivity contribution >= 4 is 5.97 Å². The molecule has 1 rings (SSSR count). The molecule has 0 aliphatic rings. The van der Waals surface area contributed by atoms with E-state index in [2.05, 4.69) is 14.9 Å². The van der Waals surface area contributed by atoms with Crippen molar-refractivity contribution in [3.05, 3.63) is 11.7 Å². The third-order valence-electron chi connectivity index (χ3n) is 1.17. The Balaban J connectivity index is 2.46. The standard InChI is InChI=1S/C7H10N2O3/c1-3-11-7(10)4-6-8-5(2)9-12-6/h3-4H2,1-2H3. The molecule has 1 aromatic rings. The zero-order valence-electron chi connectivity index (χ0n) is 7.03. The maximum atomic E-state index is 10.9. The topological polar surface area (TPSA) is 65.2 Å². The molecule has 0 aliphatic heterocycles. The minimum absolute atomic E-state index is 0.0503. The molecule has 0 bridgehead atoms. The minimum atomic E-state index is -0.346. The summed E-state index contributed by atoms with van der Waals surface area (Å²) >= 11 is 0. The van der Waals surface area contributed by atoms with Crippen molar-refractivity contribution in [2.75, 3.05) is 6.61 Å². The molecule has 66 valence electrons. The molecule has 1 heterocycles. The van der Waals surface area contributed by atoms with E-state index in [0.29, 0.717) is 18.3 Å². The summed E-state index contributed by atoms with van der Waals surface area (Å²) < 4.78 is 9.41. The van der Waals surface area contributed by atoms with E-state index in [4.69, 9.17) is 4.52 Å². The van der Waals surface area contributed by atoms with Crippen LogP contribution in [-0.2, 0) is 16.0 Å².